The molecular formula is C18H25NO4. The number of aliphatic hydroxyl groups is 1. The van der Waals surface area contributed by atoms with Crippen LogP contribution in [0.3, 0.4) is 0 Å². The summed E-state index contributed by atoms with van der Waals surface area (Å²) in [5, 5.41) is 14.0. The van der Waals surface area contributed by atoms with E-state index in [2.05, 4.69) is 5.32 Å². The quantitative estimate of drug-likeness (QED) is 0.821. The Balaban J connectivity index is 2.03. The van der Waals surface area contributed by atoms with Crippen LogP contribution in [0.25, 0.3) is 0 Å². The summed E-state index contributed by atoms with van der Waals surface area (Å²) in [5.41, 5.74) is 0.815. The van der Waals surface area contributed by atoms with Gasteiger partial charge in [-0.1, -0.05) is 6.07 Å². The van der Waals surface area contributed by atoms with Gasteiger partial charge in [-0.3, -0.25) is 0 Å². The summed E-state index contributed by atoms with van der Waals surface area (Å²) in [4.78, 5) is 0. The monoisotopic (exact) mass is 319 g/mol. The van der Waals surface area contributed by atoms with Crippen molar-refractivity contribution in [2.75, 3.05) is 20.8 Å². The van der Waals surface area contributed by atoms with Gasteiger partial charge in [-0.2, -0.15) is 0 Å². The molecule has 0 aliphatic rings. The third-order valence-corrected chi connectivity index (χ3v) is 3.90. The van der Waals surface area contributed by atoms with Gasteiger partial charge in [0.2, 0.25) is 0 Å². The number of hydrogen-bond donors (Lipinski definition) is 2. The van der Waals surface area contributed by atoms with Crippen molar-refractivity contribution in [2.45, 2.75) is 32.9 Å². The van der Waals surface area contributed by atoms with E-state index in [9.17, 15) is 5.11 Å². The molecule has 5 nitrogen and oxygen atoms in total. The van der Waals surface area contributed by atoms with Gasteiger partial charge < -0.3 is 24.3 Å². The summed E-state index contributed by atoms with van der Waals surface area (Å²) in [6.07, 6.45) is 0. The van der Waals surface area contributed by atoms with Crippen molar-refractivity contribution in [3.63, 3.8) is 0 Å². The van der Waals surface area contributed by atoms with Gasteiger partial charge in [-0.25, -0.2) is 0 Å². The van der Waals surface area contributed by atoms with E-state index in [1.165, 1.54) is 0 Å². The first-order valence-electron chi connectivity index (χ1n) is 7.59. The molecule has 0 aliphatic carbocycles. The van der Waals surface area contributed by atoms with E-state index in [1.54, 1.807) is 21.1 Å². The topological polar surface area (TPSA) is 63.9 Å². The van der Waals surface area contributed by atoms with Crippen molar-refractivity contribution >= 4 is 0 Å². The normalized spacial score (nSPS) is 13.7. The molecule has 0 spiro atoms. The van der Waals surface area contributed by atoms with Crippen LogP contribution in [0.1, 0.15) is 29.6 Å². The zero-order valence-corrected chi connectivity index (χ0v) is 14.4. The Hall–Kier alpha value is -1.98. The maximum atomic E-state index is 10.7. The Kier molecular flexibility index (Phi) is 5.34. The van der Waals surface area contributed by atoms with Crippen LogP contribution in [0.2, 0.25) is 0 Å². The number of furan rings is 1. The summed E-state index contributed by atoms with van der Waals surface area (Å²) >= 11 is 0. The molecule has 0 bridgehead atoms. The minimum atomic E-state index is -0.998. The summed E-state index contributed by atoms with van der Waals surface area (Å²) in [6.45, 7) is 6.51. The van der Waals surface area contributed by atoms with Gasteiger partial charge in [-0.05, 0) is 32.9 Å². The predicted molar refractivity (Wildman–Crippen MR) is 89.0 cm³/mol. The molecule has 1 aromatic heterocycles. The molecule has 1 aromatic carbocycles. The minimum Gasteiger partial charge on any atom is -0.497 e. The van der Waals surface area contributed by atoms with Crippen molar-refractivity contribution in [2.24, 2.45) is 0 Å². The lowest BCUT2D eigenvalue weighted by atomic mass is 9.96. The lowest BCUT2D eigenvalue weighted by Gasteiger charge is -2.23. The lowest BCUT2D eigenvalue weighted by molar-refractivity contribution is 0.0551. The molecule has 1 unspecified atom stereocenters. The van der Waals surface area contributed by atoms with Crippen LogP contribution < -0.4 is 14.8 Å². The Morgan fingerprint density at radius 1 is 1.17 bits per heavy atom. The van der Waals surface area contributed by atoms with E-state index in [0.717, 1.165) is 34.1 Å². The first-order valence-corrected chi connectivity index (χ1v) is 7.59. The second-order valence-electron chi connectivity index (χ2n) is 5.88. The molecule has 0 fully saturated rings. The summed E-state index contributed by atoms with van der Waals surface area (Å²) in [6, 6.07) is 7.57. The van der Waals surface area contributed by atoms with E-state index in [4.69, 9.17) is 13.9 Å². The number of rotatable bonds is 7. The highest BCUT2D eigenvalue weighted by Gasteiger charge is 2.27. The Bertz CT molecular complexity index is 661. The van der Waals surface area contributed by atoms with Gasteiger partial charge in [0.25, 0.3) is 0 Å². The zero-order chi connectivity index (χ0) is 17.0. The van der Waals surface area contributed by atoms with Crippen molar-refractivity contribution < 1.29 is 19.0 Å². The SMILES string of the molecule is COc1ccc(CNCC(C)(O)c2cc(C)oc2C)c(OC)c1. The summed E-state index contributed by atoms with van der Waals surface area (Å²) in [7, 11) is 3.26. The van der Waals surface area contributed by atoms with Crippen LogP contribution >= 0.6 is 0 Å². The van der Waals surface area contributed by atoms with Crippen LogP contribution in [0, 0.1) is 13.8 Å². The van der Waals surface area contributed by atoms with Crippen LogP contribution in [0.15, 0.2) is 28.7 Å². The van der Waals surface area contributed by atoms with E-state index in [-0.39, 0.29) is 0 Å². The standard InChI is InChI=1S/C18H25NO4/c1-12-8-16(13(2)23-12)18(3,20)11-19-10-14-6-7-15(21-4)9-17(14)22-5/h6-9,19-20H,10-11H2,1-5H3. The molecule has 2 aromatic rings. The fourth-order valence-electron chi connectivity index (χ4n) is 2.70. The van der Waals surface area contributed by atoms with E-state index >= 15 is 0 Å². The highest BCUT2D eigenvalue weighted by atomic mass is 16.5. The van der Waals surface area contributed by atoms with Gasteiger partial charge in [-0.15, -0.1) is 0 Å². The largest absolute Gasteiger partial charge is 0.497 e. The average molecular weight is 319 g/mol. The van der Waals surface area contributed by atoms with E-state index in [0.29, 0.717) is 13.1 Å². The van der Waals surface area contributed by atoms with E-state index < -0.39 is 5.60 Å². The first kappa shape index (κ1) is 17.4. The summed E-state index contributed by atoms with van der Waals surface area (Å²) < 4.78 is 16.1. The number of nitrogens with one attached hydrogen (secondary N) is 1. The predicted octanol–water partition coefficient (Wildman–Crippen LogP) is 2.91. The van der Waals surface area contributed by atoms with Crippen molar-refractivity contribution in [1.29, 1.82) is 0 Å². The number of ether oxygens (including phenoxy) is 2. The fraction of sp³-hybridized carbons (Fsp3) is 0.444. The fourth-order valence-corrected chi connectivity index (χ4v) is 2.70. The second-order valence-corrected chi connectivity index (χ2v) is 5.88. The van der Waals surface area contributed by atoms with Crippen LogP contribution in [-0.2, 0) is 12.1 Å². The second kappa shape index (κ2) is 7.06. The molecule has 23 heavy (non-hydrogen) atoms. The van der Waals surface area contributed by atoms with Crippen molar-refractivity contribution in [1.82, 2.24) is 5.32 Å². The highest BCUT2D eigenvalue weighted by Crippen LogP contribution is 2.27. The molecule has 126 valence electrons. The third-order valence-electron chi connectivity index (χ3n) is 3.90. The molecule has 0 radical (unpaired) electrons. The molecule has 0 amide bonds. The van der Waals surface area contributed by atoms with Crippen LogP contribution in [-0.4, -0.2) is 25.9 Å². The molecule has 1 atom stereocenters. The Morgan fingerprint density at radius 2 is 1.91 bits per heavy atom. The van der Waals surface area contributed by atoms with Gasteiger partial charge in [0.05, 0.1) is 14.2 Å². The Labute approximate surface area is 137 Å². The molecule has 2 N–H and O–H groups in total. The zero-order valence-electron chi connectivity index (χ0n) is 14.4. The maximum absolute atomic E-state index is 10.7. The van der Waals surface area contributed by atoms with Gasteiger partial charge in [0.15, 0.2) is 0 Å². The molecule has 0 saturated heterocycles. The molecular weight excluding hydrogens is 294 g/mol. The number of methoxy groups -OCH3 is 2. The van der Waals surface area contributed by atoms with Crippen molar-refractivity contribution in [3.05, 3.63) is 46.9 Å². The van der Waals surface area contributed by atoms with Crippen LogP contribution in [0.5, 0.6) is 11.5 Å². The van der Waals surface area contributed by atoms with Gasteiger partial charge in [0, 0.05) is 30.3 Å². The number of benzene rings is 1. The van der Waals surface area contributed by atoms with E-state index in [1.807, 2.05) is 38.1 Å². The van der Waals surface area contributed by atoms with Gasteiger partial charge >= 0.3 is 0 Å². The van der Waals surface area contributed by atoms with Crippen LogP contribution in [0.4, 0.5) is 0 Å². The van der Waals surface area contributed by atoms with Gasteiger partial charge in [0.1, 0.15) is 28.6 Å². The molecule has 0 aliphatic heterocycles. The highest BCUT2D eigenvalue weighted by molar-refractivity contribution is 5.40. The van der Waals surface area contributed by atoms with Crippen molar-refractivity contribution in [3.8, 4) is 11.5 Å². The third kappa shape index (κ3) is 4.06. The summed E-state index contributed by atoms with van der Waals surface area (Å²) in [5.74, 6) is 3.06. The smallest absolute Gasteiger partial charge is 0.127 e. The molecule has 0 saturated carbocycles. The minimum absolute atomic E-state index is 0.405. The molecule has 1 heterocycles. The number of hydrogen-bond acceptors (Lipinski definition) is 5. The number of aryl methyl sites for hydroxylation is 2. The molecule has 2 rings (SSSR count). The molecule has 5 heteroatoms. The lowest BCUT2D eigenvalue weighted by Crippen LogP contribution is -2.35. The maximum Gasteiger partial charge on any atom is 0.127 e. The first-order chi connectivity index (χ1) is 10.9. The average Bonchev–Trinajstić information content (AvgIpc) is 2.87. The Morgan fingerprint density at radius 3 is 2.48 bits per heavy atom.